The molecule has 2 heteroatoms. The van der Waals surface area contributed by atoms with E-state index >= 15 is 0 Å². The molecule has 0 atom stereocenters. The first kappa shape index (κ1) is 15.8. The largest absolute Gasteiger partial charge is 0.292 e. The number of nitrogens with zero attached hydrogens (tertiary/aromatic N) is 2. The first-order chi connectivity index (χ1) is 10.3. The van der Waals surface area contributed by atoms with Crippen molar-refractivity contribution in [1.82, 2.24) is 9.80 Å². The molecule has 22 heavy (non-hydrogen) atoms. The molecule has 0 saturated carbocycles. The normalized spacial score (nSPS) is 25.1. The van der Waals surface area contributed by atoms with Crippen molar-refractivity contribution < 1.29 is 0 Å². The van der Waals surface area contributed by atoms with E-state index < -0.39 is 0 Å². The van der Waals surface area contributed by atoms with Gasteiger partial charge in [-0.05, 0) is 51.7 Å². The van der Waals surface area contributed by atoms with Gasteiger partial charge in [0.1, 0.15) is 0 Å². The van der Waals surface area contributed by atoms with Gasteiger partial charge in [-0.15, -0.1) is 6.58 Å². The molecule has 0 unspecified atom stereocenters. The average Bonchev–Trinajstić information content (AvgIpc) is 2.86. The van der Waals surface area contributed by atoms with E-state index in [0.717, 1.165) is 19.6 Å². The highest BCUT2D eigenvalue weighted by molar-refractivity contribution is 5.30. The third kappa shape index (κ3) is 2.75. The Balaban J connectivity index is 1.79. The summed E-state index contributed by atoms with van der Waals surface area (Å²) in [7, 11) is 0. The van der Waals surface area contributed by atoms with E-state index in [9.17, 15) is 0 Å². The third-order valence-corrected chi connectivity index (χ3v) is 5.63. The van der Waals surface area contributed by atoms with Gasteiger partial charge in [0.05, 0.1) is 0 Å². The highest BCUT2D eigenvalue weighted by Crippen LogP contribution is 2.41. The van der Waals surface area contributed by atoms with E-state index in [-0.39, 0.29) is 11.1 Å². The Bertz CT molecular complexity index is 516. The lowest BCUT2D eigenvalue weighted by Crippen LogP contribution is -2.63. The van der Waals surface area contributed by atoms with E-state index in [1.54, 1.807) is 0 Å². The molecule has 2 aliphatic heterocycles. The van der Waals surface area contributed by atoms with E-state index in [1.807, 2.05) is 0 Å². The van der Waals surface area contributed by atoms with Crippen LogP contribution in [0.25, 0.3) is 0 Å². The van der Waals surface area contributed by atoms with Crippen LogP contribution in [0.1, 0.15) is 51.7 Å². The van der Waals surface area contributed by atoms with Gasteiger partial charge in [-0.3, -0.25) is 9.80 Å². The highest BCUT2D eigenvalue weighted by Gasteiger charge is 2.46. The Morgan fingerprint density at radius 3 is 2.00 bits per heavy atom. The Kier molecular flexibility index (Phi) is 3.94. The van der Waals surface area contributed by atoms with Crippen molar-refractivity contribution in [1.29, 1.82) is 0 Å². The lowest BCUT2D eigenvalue weighted by Gasteiger charge is -2.56. The monoisotopic (exact) mass is 298 g/mol. The Morgan fingerprint density at radius 2 is 1.55 bits per heavy atom. The number of likely N-dealkylation sites (tertiary alicyclic amines) is 1. The van der Waals surface area contributed by atoms with Crippen LogP contribution < -0.4 is 0 Å². The number of benzene rings is 1. The lowest BCUT2D eigenvalue weighted by atomic mass is 9.76. The molecule has 120 valence electrons. The zero-order valence-electron chi connectivity index (χ0n) is 14.6. The Hall–Kier alpha value is -1.12. The maximum absolute atomic E-state index is 3.96. The van der Waals surface area contributed by atoms with Crippen LogP contribution in [0, 0.1) is 0 Å². The minimum Gasteiger partial charge on any atom is -0.292 e. The lowest BCUT2D eigenvalue weighted by molar-refractivity contribution is -0.0591. The fourth-order valence-electron chi connectivity index (χ4n) is 4.76. The van der Waals surface area contributed by atoms with Gasteiger partial charge in [0.15, 0.2) is 0 Å². The molecule has 0 aliphatic carbocycles. The molecule has 0 spiro atoms. The molecule has 0 aromatic heterocycles. The van der Waals surface area contributed by atoms with Crippen molar-refractivity contribution in [3.05, 3.63) is 48.0 Å². The molecule has 0 radical (unpaired) electrons. The summed E-state index contributed by atoms with van der Waals surface area (Å²) in [6.07, 6.45) is 4.52. The summed E-state index contributed by atoms with van der Waals surface area (Å²) in [4.78, 5) is 5.33. The molecule has 1 saturated heterocycles. The summed E-state index contributed by atoms with van der Waals surface area (Å²) in [6.45, 7) is 16.8. The second-order valence-electron chi connectivity index (χ2n) is 8.26. The molecule has 2 heterocycles. The minimum absolute atomic E-state index is 0.218. The van der Waals surface area contributed by atoms with Gasteiger partial charge in [-0.1, -0.05) is 30.3 Å². The smallest absolute Gasteiger partial charge is 0.0243 e. The van der Waals surface area contributed by atoms with Gasteiger partial charge in [-0.25, -0.2) is 0 Å². The Labute approximate surface area is 135 Å². The molecular weight excluding hydrogens is 268 g/mol. The zero-order chi connectivity index (χ0) is 16.0. The summed E-state index contributed by atoms with van der Waals surface area (Å²) in [5.41, 5.74) is 3.48. The van der Waals surface area contributed by atoms with Crippen molar-refractivity contribution in [2.24, 2.45) is 0 Å². The van der Waals surface area contributed by atoms with Crippen LogP contribution in [0.3, 0.4) is 0 Å². The second-order valence-corrected chi connectivity index (χ2v) is 8.26. The Morgan fingerprint density at radius 1 is 1.05 bits per heavy atom. The van der Waals surface area contributed by atoms with Gasteiger partial charge in [0.2, 0.25) is 0 Å². The summed E-state index contributed by atoms with van der Waals surface area (Å²) < 4.78 is 0. The minimum atomic E-state index is 0.218. The standard InChI is InChI=1S/C20H30N2/c1-6-11-22-19(2,3)12-18(13-20(22,4)5)21-14-16-9-7-8-10-17(16)15-21/h6-10,18H,1,11-15H2,2-5H3. The average molecular weight is 298 g/mol. The third-order valence-electron chi connectivity index (χ3n) is 5.63. The van der Waals surface area contributed by atoms with Crippen LogP contribution in [-0.4, -0.2) is 33.5 Å². The van der Waals surface area contributed by atoms with Crippen LogP contribution in [0.4, 0.5) is 0 Å². The second kappa shape index (κ2) is 5.50. The topological polar surface area (TPSA) is 6.48 Å². The van der Waals surface area contributed by atoms with Gasteiger partial charge in [0, 0.05) is 36.8 Å². The van der Waals surface area contributed by atoms with Crippen molar-refractivity contribution in [3.63, 3.8) is 0 Å². The van der Waals surface area contributed by atoms with Crippen LogP contribution in [0.5, 0.6) is 0 Å². The number of rotatable bonds is 3. The molecule has 3 rings (SSSR count). The van der Waals surface area contributed by atoms with E-state index in [0.29, 0.717) is 6.04 Å². The van der Waals surface area contributed by atoms with Crippen molar-refractivity contribution >= 4 is 0 Å². The van der Waals surface area contributed by atoms with Crippen LogP contribution >= 0.6 is 0 Å². The molecule has 0 bridgehead atoms. The predicted octanol–water partition coefficient (Wildman–Crippen LogP) is 4.21. The quantitative estimate of drug-likeness (QED) is 0.771. The van der Waals surface area contributed by atoms with Gasteiger partial charge < -0.3 is 0 Å². The van der Waals surface area contributed by atoms with E-state index in [2.05, 4.69) is 74.4 Å². The summed E-state index contributed by atoms with van der Waals surface area (Å²) in [5.74, 6) is 0. The molecular formula is C20H30N2. The van der Waals surface area contributed by atoms with Crippen LogP contribution in [-0.2, 0) is 13.1 Å². The maximum atomic E-state index is 3.96. The van der Waals surface area contributed by atoms with Crippen molar-refractivity contribution in [2.75, 3.05) is 6.54 Å². The van der Waals surface area contributed by atoms with Gasteiger partial charge >= 0.3 is 0 Å². The van der Waals surface area contributed by atoms with E-state index in [4.69, 9.17) is 0 Å². The molecule has 2 aliphatic rings. The highest BCUT2D eigenvalue weighted by atomic mass is 15.3. The fraction of sp³-hybridized carbons (Fsp3) is 0.600. The zero-order valence-corrected chi connectivity index (χ0v) is 14.6. The van der Waals surface area contributed by atoms with Gasteiger partial charge in [-0.2, -0.15) is 0 Å². The molecule has 0 N–H and O–H groups in total. The molecule has 1 aromatic carbocycles. The molecule has 1 aromatic rings. The summed E-state index contributed by atoms with van der Waals surface area (Å²) >= 11 is 0. The summed E-state index contributed by atoms with van der Waals surface area (Å²) in [5, 5.41) is 0. The number of hydrogen-bond donors (Lipinski definition) is 0. The molecule has 0 amide bonds. The number of piperidine rings is 1. The van der Waals surface area contributed by atoms with Crippen molar-refractivity contribution in [2.45, 2.75) is 70.7 Å². The summed E-state index contributed by atoms with van der Waals surface area (Å²) in [6, 6.07) is 9.58. The first-order valence-electron chi connectivity index (χ1n) is 8.53. The number of hydrogen-bond acceptors (Lipinski definition) is 2. The SMILES string of the molecule is C=CCN1C(C)(C)CC(N2Cc3ccccc3C2)CC1(C)C. The van der Waals surface area contributed by atoms with Gasteiger partial charge in [0.25, 0.3) is 0 Å². The molecule has 2 nitrogen and oxygen atoms in total. The van der Waals surface area contributed by atoms with Crippen LogP contribution in [0.2, 0.25) is 0 Å². The van der Waals surface area contributed by atoms with E-state index in [1.165, 1.54) is 24.0 Å². The predicted molar refractivity (Wildman–Crippen MR) is 93.8 cm³/mol. The number of fused-ring (bicyclic) bond motifs is 1. The van der Waals surface area contributed by atoms with Crippen molar-refractivity contribution in [3.8, 4) is 0 Å². The maximum Gasteiger partial charge on any atom is 0.0243 e. The van der Waals surface area contributed by atoms with Crippen LogP contribution in [0.15, 0.2) is 36.9 Å². The molecule has 1 fully saturated rings. The fourth-order valence-corrected chi connectivity index (χ4v) is 4.76. The first-order valence-corrected chi connectivity index (χ1v) is 8.53.